The predicted octanol–water partition coefficient (Wildman–Crippen LogP) is 4.47. The van der Waals surface area contributed by atoms with Gasteiger partial charge in [0.25, 0.3) is 0 Å². The van der Waals surface area contributed by atoms with E-state index in [4.69, 9.17) is 28.3 Å². The minimum absolute atomic E-state index is 0.0919. The van der Waals surface area contributed by atoms with Crippen LogP contribution >= 0.6 is 23.2 Å². The molecule has 0 radical (unpaired) electrons. The van der Waals surface area contributed by atoms with Crippen LogP contribution in [-0.2, 0) is 4.79 Å². The van der Waals surface area contributed by atoms with Crippen LogP contribution in [0.3, 0.4) is 0 Å². The molecule has 1 unspecified atom stereocenters. The first-order valence-corrected chi connectivity index (χ1v) is 8.04. The number of hydrogen-bond acceptors (Lipinski definition) is 3. The normalized spacial score (nSPS) is 15.7. The second-order valence-electron chi connectivity index (χ2n) is 5.62. The number of carbonyl (C=O) groups is 1. The van der Waals surface area contributed by atoms with Crippen molar-refractivity contribution in [2.75, 3.05) is 5.88 Å². The lowest BCUT2D eigenvalue weighted by atomic mass is 9.83. The third kappa shape index (κ3) is 8.39. The Labute approximate surface area is 141 Å². The fraction of sp³-hybridized carbons (Fsp3) is 0.667. The predicted molar refractivity (Wildman–Crippen MR) is 89.0 cm³/mol. The van der Waals surface area contributed by atoms with E-state index in [1.807, 2.05) is 13.8 Å². The average molecular weight is 352 g/mol. The number of aliphatic carboxylic acids is 1. The Morgan fingerprint density at radius 3 is 2.32 bits per heavy atom. The van der Waals surface area contributed by atoms with Crippen LogP contribution in [0, 0.1) is 22.0 Å². The maximum Gasteiger partial charge on any atom is 0.304 e. The van der Waals surface area contributed by atoms with E-state index < -0.39 is 17.9 Å². The van der Waals surface area contributed by atoms with Crippen molar-refractivity contribution in [3.8, 4) is 0 Å². The number of nitro groups is 1. The van der Waals surface area contributed by atoms with Crippen LogP contribution in [0.5, 0.6) is 0 Å². The molecule has 0 amide bonds. The van der Waals surface area contributed by atoms with Crippen molar-refractivity contribution in [3.05, 3.63) is 32.9 Å². The smallest absolute Gasteiger partial charge is 0.304 e. The largest absolute Gasteiger partial charge is 0.481 e. The van der Waals surface area contributed by atoms with Crippen molar-refractivity contribution in [2.45, 2.75) is 46.1 Å². The fourth-order valence-corrected chi connectivity index (χ4v) is 2.59. The molecule has 0 fully saturated rings. The maximum atomic E-state index is 11.4. The highest BCUT2D eigenvalue weighted by atomic mass is 35.5. The molecule has 0 aromatic heterocycles. The maximum absolute atomic E-state index is 11.4. The lowest BCUT2D eigenvalue weighted by Crippen LogP contribution is -2.33. The monoisotopic (exact) mass is 351 g/mol. The van der Waals surface area contributed by atoms with Crippen LogP contribution in [0.15, 0.2) is 22.8 Å². The Hall–Kier alpha value is -1.07. The molecule has 5 nitrogen and oxygen atoms in total. The van der Waals surface area contributed by atoms with E-state index in [0.717, 1.165) is 0 Å². The van der Waals surface area contributed by atoms with E-state index in [-0.39, 0.29) is 23.1 Å². The van der Waals surface area contributed by atoms with Crippen LogP contribution < -0.4 is 0 Å². The molecule has 1 N–H and O–H groups in total. The topological polar surface area (TPSA) is 80.4 Å². The van der Waals surface area contributed by atoms with Crippen molar-refractivity contribution in [2.24, 2.45) is 11.8 Å². The third-order valence-corrected chi connectivity index (χ3v) is 3.54. The first kappa shape index (κ1) is 20.9. The van der Waals surface area contributed by atoms with Gasteiger partial charge >= 0.3 is 5.97 Å². The van der Waals surface area contributed by atoms with Gasteiger partial charge in [0.2, 0.25) is 6.04 Å². The minimum atomic E-state index is -1.06. The molecular formula is C15H23Cl2NO4. The lowest BCUT2D eigenvalue weighted by Gasteiger charge is -2.23. The van der Waals surface area contributed by atoms with E-state index >= 15 is 0 Å². The molecule has 0 bridgehead atoms. The summed E-state index contributed by atoms with van der Waals surface area (Å²) < 4.78 is 0. The van der Waals surface area contributed by atoms with Crippen LogP contribution in [-0.4, -0.2) is 27.9 Å². The first-order valence-electron chi connectivity index (χ1n) is 7.13. The molecule has 2 atom stereocenters. The number of halogens is 2. The van der Waals surface area contributed by atoms with Gasteiger partial charge in [-0.1, -0.05) is 37.1 Å². The number of allylic oxidation sites excluding steroid dienone is 3. The minimum Gasteiger partial charge on any atom is -0.481 e. The molecule has 22 heavy (non-hydrogen) atoms. The molecule has 0 saturated carbocycles. The fourth-order valence-electron chi connectivity index (χ4n) is 2.31. The molecule has 0 aliphatic rings. The van der Waals surface area contributed by atoms with Gasteiger partial charge in [-0.15, -0.1) is 11.6 Å². The zero-order chi connectivity index (χ0) is 17.3. The Morgan fingerprint density at radius 2 is 1.95 bits per heavy atom. The van der Waals surface area contributed by atoms with Crippen LogP contribution in [0.1, 0.15) is 40.0 Å². The molecular weight excluding hydrogens is 329 g/mol. The summed E-state index contributed by atoms with van der Waals surface area (Å²) in [4.78, 5) is 22.2. The summed E-state index contributed by atoms with van der Waals surface area (Å²) in [6.07, 6.45) is 3.69. The van der Waals surface area contributed by atoms with Gasteiger partial charge in [-0.25, -0.2) is 0 Å². The molecule has 0 heterocycles. The number of rotatable bonds is 10. The van der Waals surface area contributed by atoms with Crippen LogP contribution in [0.25, 0.3) is 0 Å². The number of carboxylic acid groups (broad SMARTS) is 1. The molecule has 126 valence electrons. The number of nitrogens with zero attached hydrogens (tertiary/aromatic N) is 1. The summed E-state index contributed by atoms with van der Waals surface area (Å²) in [5.41, 5.74) is 0.653. The Balaban J connectivity index is 5.68. The average Bonchev–Trinajstić information content (AvgIpc) is 2.37. The van der Waals surface area contributed by atoms with Gasteiger partial charge in [-0.3, -0.25) is 14.9 Å². The summed E-state index contributed by atoms with van der Waals surface area (Å²) in [6.45, 7) is 5.44. The standard InChI is InChI=1S/C15H23Cl2NO4/c1-10(2)8-14(18(21)22)13(9-15(19)20)12(6-7-16)5-4-11(3)17/h4-5,10,13-14H,6-9H2,1-3H3,(H,19,20)/b11-4+,12-5+/t13?,14-/m1/s1. The number of alkyl halides is 1. The van der Waals surface area contributed by atoms with E-state index in [1.165, 1.54) is 0 Å². The van der Waals surface area contributed by atoms with E-state index in [0.29, 0.717) is 23.4 Å². The quantitative estimate of drug-likeness (QED) is 0.272. The van der Waals surface area contributed by atoms with Crippen molar-refractivity contribution in [3.63, 3.8) is 0 Å². The highest BCUT2D eigenvalue weighted by Crippen LogP contribution is 2.29. The summed E-state index contributed by atoms with van der Waals surface area (Å²) in [7, 11) is 0. The molecule has 0 saturated heterocycles. The van der Waals surface area contributed by atoms with E-state index in [1.54, 1.807) is 19.1 Å². The Morgan fingerprint density at radius 1 is 1.36 bits per heavy atom. The van der Waals surface area contributed by atoms with Gasteiger partial charge in [-0.05, 0) is 25.3 Å². The Bertz CT molecular complexity index is 443. The molecule has 7 heteroatoms. The number of carboxylic acids is 1. The molecule has 0 aliphatic heterocycles. The van der Waals surface area contributed by atoms with Gasteiger partial charge in [0.05, 0.1) is 12.3 Å². The second-order valence-corrected chi connectivity index (χ2v) is 6.59. The molecule has 0 aliphatic carbocycles. The summed E-state index contributed by atoms with van der Waals surface area (Å²) >= 11 is 11.6. The van der Waals surface area contributed by atoms with Gasteiger partial charge in [0, 0.05) is 22.3 Å². The van der Waals surface area contributed by atoms with Gasteiger partial charge in [0.15, 0.2) is 0 Å². The summed E-state index contributed by atoms with van der Waals surface area (Å²) in [5.74, 6) is -1.40. The third-order valence-electron chi connectivity index (χ3n) is 3.23. The lowest BCUT2D eigenvalue weighted by molar-refractivity contribution is -0.532. The first-order chi connectivity index (χ1) is 10.2. The molecule has 0 aromatic rings. The highest BCUT2D eigenvalue weighted by Gasteiger charge is 2.35. The highest BCUT2D eigenvalue weighted by molar-refractivity contribution is 6.29. The van der Waals surface area contributed by atoms with Crippen molar-refractivity contribution < 1.29 is 14.8 Å². The van der Waals surface area contributed by atoms with Crippen LogP contribution in [0.2, 0.25) is 0 Å². The van der Waals surface area contributed by atoms with Gasteiger partial charge in [0.1, 0.15) is 0 Å². The molecule has 0 spiro atoms. The second kappa shape index (κ2) is 10.6. The van der Waals surface area contributed by atoms with Crippen molar-refractivity contribution in [1.29, 1.82) is 0 Å². The van der Waals surface area contributed by atoms with Crippen molar-refractivity contribution in [1.82, 2.24) is 0 Å². The molecule has 0 aromatic carbocycles. The zero-order valence-corrected chi connectivity index (χ0v) is 14.6. The Kier molecular flexibility index (Phi) is 10.1. The summed E-state index contributed by atoms with van der Waals surface area (Å²) in [5, 5.41) is 21.1. The van der Waals surface area contributed by atoms with Gasteiger partial charge < -0.3 is 5.11 Å². The number of hydrogen-bond donors (Lipinski definition) is 1. The van der Waals surface area contributed by atoms with E-state index in [9.17, 15) is 14.9 Å². The van der Waals surface area contributed by atoms with E-state index in [2.05, 4.69) is 0 Å². The summed E-state index contributed by atoms with van der Waals surface area (Å²) in [6, 6.07) is -0.949. The van der Waals surface area contributed by atoms with Gasteiger partial charge in [-0.2, -0.15) is 0 Å². The van der Waals surface area contributed by atoms with Crippen molar-refractivity contribution >= 4 is 29.2 Å². The van der Waals surface area contributed by atoms with Crippen LogP contribution in [0.4, 0.5) is 0 Å². The zero-order valence-electron chi connectivity index (χ0n) is 13.1. The SMILES string of the molecule is C/C(Cl)=C\C=C(/CCCl)C(CC(=O)O)[C@@H](CC(C)C)[N+](=O)[O-]. The molecule has 0 rings (SSSR count).